The smallest absolute Gasteiger partial charge is 0.147 e. The molecule has 1 rings (SSSR count). The van der Waals surface area contributed by atoms with E-state index in [-0.39, 0.29) is 6.04 Å². The molecule has 0 aliphatic heterocycles. The third-order valence-corrected chi connectivity index (χ3v) is 2.46. The monoisotopic (exact) mass is 234 g/mol. The number of aromatic nitrogens is 2. The number of nitriles is 1. The zero-order valence-electron chi connectivity index (χ0n) is 10.5. The van der Waals surface area contributed by atoms with Crippen molar-refractivity contribution in [2.75, 3.05) is 18.5 Å². The highest BCUT2D eigenvalue weighted by Gasteiger charge is 2.15. The van der Waals surface area contributed by atoms with E-state index in [9.17, 15) is 0 Å². The van der Waals surface area contributed by atoms with Crippen LogP contribution in [0.4, 0.5) is 5.82 Å². The number of nitrogens with one attached hydrogen (secondary N) is 1. The summed E-state index contributed by atoms with van der Waals surface area (Å²) in [5.74, 6) is 0.962. The van der Waals surface area contributed by atoms with Gasteiger partial charge in [-0.2, -0.15) is 5.26 Å². The van der Waals surface area contributed by atoms with Gasteiger partial charge in [-0.1, -0.05) is 13.8 Å². The average molecular weight is 234 g/mol. The van der Waals surface area contributed by atoms with Gasteiger partial charge < -0.3 is 10.1 Å². The van der Waals surface area contributed by atoms with Crippen molar-refractivity contribution in [2.24, 2.45) is 5.92 Å². The first-order valence-electron chi connectivity index (χ1n) is 5.73. The van der Waals surface area contributed by atoms with E-state index < -0.39 is 0 Å². The lowest BCUT2D eigenvalue weighted by molar-refractivity contribution is 0.126. The number of anilines is 1. The highest BCUT2D eigenvalue weighted by atomic mass is 16.5. The fourth-order valence-electron chi connectivity index (χ4n) is 1.35. The molecule has 92 valence electrons. The molecule has 1 unspecified atom stereocenters. The van der Waals surface area contributed by atoms with Crippen LogP contribution in [0.3, 0.4) is 0 Å². The summed E-state index contributed by atoms with van der Waals surface area (Å²) in [5, 5.41) is 12.2. The maximum absolute atomic E-state index is 8.94. The minimum atomic E-state index is 0.136. The number of ether oxygens (including phenoxy) is 1. The topological polar surface area (TPSA) is 70.8 Å². The number of hydrogen-bond acceptors (Lipinski definition) is 5. The second-order valence-corrected chi connectivity index (χ2v) is 4.05. The van der Waals surface area contributed by atoms with Crippen LogP contribution in [-0.4, -0.2) is 29.2 Å². The Balaban J connectivity index is 2.75. The van der Waals surface area contributed by atoms with E-state index in [1.165, 1.54) is 12.5 Å². The van der Waals surface area contributed by atoms with Gasteiger partial charge in [0.15, 0.2) is 0 Å². The van der Waals surface area contributed by atoms with Gasteiger partial charge in [-0.25, -0.2) is 9.97 Å². The lowest BCUT2D eigenvalue weighted by Crippen LogP contribution is -2.31. The molecule has 0 radical (unpaired) electrons. The van der Waals surface area contributed by atoms with E-state index in [2.05, 4.69) is 35.2 Å². The summed E-state index contributed by atoms with van der Waals surface area (Å²) in [5.41, 5.74) is 0.453. The zero-order valence-corrected chi connectivity index (χ0v) is 10.5. The first-order valence-corrected chi connectivity index (χ1v) is 5.73. The summed E-state index contributed by atoms with van der Waals surface area (Å²) in [6.07, 6.45) is 2.94. The van der Waals surface area contributed by atoms with E-state index in [4.69, 9.17) is 10.00 Å². The first-order chi connectivity index (χ1) is 8.19. The lowest BCUT2D eigenvalue weighted by atomic mass is 10.1. The van der Waals surface area contributed by atoms with Gasteiger partial charge in [0.2, 0.25) is 0 Å². The van der Waals surface area contributed by atoms with Gasteiger partial charge in [0.1, 0.15) is 23.8 Å². The summed E-state index contributed by atoms with van der Waals surface area (Å²) in [4.78, 5) is 7.91. The summed E-state index contributed by atoms with van der Waals surface area (Å²) in [7, 11) is 0. The van der Waals surface area contributed by atoms with Crippen LogP contribution in [0.1, 0.15) is 26.3 Å². The van der Waals surface area contributed by atoms with Crippen molar-refractivity contribution in [3.05, 3.63) is 18.1 Å². The van der Waals surface area contributed by atoms with E-state index in [1.54, 1.807) is 0 Å². The van der Waals surface area contributed by atoms with Crippen LogP contribution in [-0.2, 0) is 4.74 Å². The SMILES string of the molecule is CCOCC(Nc1ncncc1C#N)C(C)C. The molecule has 0 amide bonds. The predicted octanol–water partition coefficient (Wildman–Crippen LogP) is 1.82. The first kappa shape index (κ1) is 13.4. The Morgan fingerprint density at radius 2 is 2.29 bits per heavy atom. The van der Waals surface area contributed by atoms with E-state index in [1.807, 2.05) is 6.92 Å². The third kappa shape index (κ3) is 4.00. The molecule has 0 spiro atoms. The highest BCUT2D eigenvalue weighted by Crippen LogP contribution is 2.14. The standard InChI is InChI=1S/C12H18N4O/c1-4-17-7-11(9(2)3)16-12-10(5-13)6-14-8-15-12/h6,8-9,11H,4,7H2,1-3H3,(H,14,15,16). The van der Waals surface area contributed by atoms with E-state index in [0.29, 0.717) is 30.5 Å². The molecule has 0 aliphatic rings. The van der Waals surface area contributed by atoms with Gasteiger partial charge in [-0.05, 0) is 12.8 Å². The Bertz CT molecular complexity index is 386. The lowest BCUT2D eigenvalue weighted by Gasteiger charge is -2.22. The number of hydrogen-bond donors (Lipinski definition) is 1. The maximum Gasteiger partial charge on any atom is 0.147 e. The molecular formula is C12H18N4O. The largest absolute Gasteiger partial charge is 0.380 e. The van der Waals surface area contributed by atoms with Crippen molar-refractivity contribution in [2.45, 2.75) is 26.8 Å². The number of rotatable bonds is 6. The van der Waals surface area contributed by atoms with Crippen molar-refractivity contribution in [3.8, 4) is 6.07 Å². The van der Waals surface area contributed by atoms with Gasteiger partial charge in [0.25, 0.3) is 0 Å². The van der Waals surface area contributed by atoms with Crippen molar-refractivity contribution >= 4 is 5.82 Å². The fraction of sp³-hybridized carbons (Fsp3) is 0.583. The van der Waals surface area contributed by atoms with Crippen LogP contribution in [0, 0.1) is 17.2 Å². The molecule has 1 N–H and O–H groups in total. The molecule has 0 saturated heterocycles. The molecule has 17 heavy (non-hydrogen) atoms. The Morgan fingerprint density at radius 1 is 1.53 bits per heavy atom. The molecular weight excluding hydrogens is 216 g/mol. The zero-order chi connectivity index (χ0) is 12.7. The second-order valence-electron chi connectivity index (χ2n) is 4.05. The van der Waals surface area contributed by atoms with Crippen molar-refractivity contribution in [1.82, 2.24) is 9.97 Å². The van der Waals surface area contributed by atoms with Gasteiger partial charge >= 0.3 is 0 Å². The van der Waals surface area contributed by atoms with Crippen molar-refractivity contribution in [1.29, 1.82) is 5.26 Å². The maximum atomic E-state index is 8.94. The predicted molar refractivity (Wildman–Crippen MR) is 65.5 cm³/mol. The summed E-state index contributed by atoms with van der Waals surface area (Å²) in [6.45, 7) is 7.44. The van der Waals surface area contributed by atoms with Gasteiger partial charge in [-0.15, -0.1) is 0 Å². The van der Waals surface area contributed by atoms with Crippen LogP contribution in [0.15, 0.2) is 12.5 Å². The van der Waals surface area contributed by atoms with Gasteiger partial charge in [0.05, 0.1) is 18.8 Å². The average Bonchev–Trinajstić information content (AvgIpc) is 2.34. The third-order valence-electron chi connectivity index (χ3n) is 2.46. The van der Waals surface area contributed by atoms with Gasteiger partial charge in [0, 0.05) is 6.61 Å². The van der Waals surface area contributed by atoms with Crippen LogP contribution >= 0.6 is 0 Å². The summed E-state index contributed by atoms with van der Waals surface area (Å²) >= 11 is 0. The Hall–Kier alpha value is -1.67. The quantitative estimate of drug-likeness (QED) is 0.813. The number of nitrogens with zero attached hydrogens (tertiary/aromatic N) is 3. The normalized spacial score (nSPS) is 12.2. The Kier molecular flexibility index (Phi) is 5.37. The molecule has 0 aromatic carbocycles. The van der Waals surface area contributed by atoms with Crippen LogP contribution in [0.5, 0.6) is 0 Å². The molecule has 1 heterocycles. The summed E-state index contributed by atoms with van der Waals surface area (Å²) < 4.78 is 5.41. The molecule has 0 bridgehead atoms. The van der Waals surface area contributed by atoms with Crippen LogP contribution in [0.25, 0.3) is 0 Å². The molecule has 1 atom stereocenters. The molecule has 1 aromatic heterocycles. The highest BCUT2D eigenvalue weighted by molar-refractivity contribution is 5.50. The van der Waals surface area contributed by atoms with E-state index in [0.717, 1.165) is 0 Å². The van der Waals surface area contributed by atoms with E-state index >= 15 is 0 Å². The minimum Gasteiger partial charge on any atom is -0.380 e. The molecule has 5 nitrogen and oxygen atoms in total. The molecule has 5 heteroatoms. The molecule has 0 saturated carbocycles. The minimum absolute atomic E-state index is 0.136. The van der Waals surface area contributed by atoms with Crippen LogP contribution in [0.2, 0.25) is 0 Å². The van der Waals surface area contributed by atoms with Crippen molar-refractivity contribution in [3.63, 3.8) is 0 Å². The molecule has 0 fully saturated rings. The fourth-order valence-corrected chi connectivity index (χ4v) is 1.35. The molecule has 1 aromatic rings. The van der Waals surface area contributed by atoms with Crippen molar-refractivity contribution < 1.29 is 4.74 Å². The van der Waals surface area contributed by atoms with Crippen LogP contribution < -0.4 is 5.32 Å². The Morgan fingerprint density at radius 3 is 2.88 bits per heavy atom. The summed E-state index contributed by atoms with van der Waals surface area (Å²) in [6, 6.07) is 2.20. The van der Waals surface area contributed by atoms with Gasteiger partial charge in [-0.3, -0.25) is 0 Å². The Labute approximate surface area is 102 Å². The molecule has 0 aliphatic carbocycles. The second kappa shape index (κ2) is 6.81.